The molecular weight excluding hydrogens is 344 g/mol. The summed E-state index contributed by atoms with van der Waals surface area (Å²) in [6, 6.07) is 4.46. The van der Waals surface area contributed by atoms with Crippen molar-refractivity contribution < 1.29 is 13.2 Å². The van der Waals surface area contributed by atoms with Gasteiger partial charge in [0.25, 0.3) is 0 Å². The number of nitrogens with zero attached hydrogens (tertiary/aromatic N) is 1. The molecule has 0 radical (unpaired) electrons. The minimum Gasteiger partial charge on any atom is -0.306 e. The Labute approximate surface area is 133 Å². The number of halogens is 5. The van der Waals surface area contributed by atoms with Crippen LogP contribution in [0.1, 0.15) is 28.4 Å². The Balaban J connectivity index is 2.41. The molecule has 1 atom stereocenters. The lowest BCUT2D eigenvalue weighted by Gasteiger charge is -2.18. The first-order valence-electron chi connectivity index (χ1n) is 6.04. The zero-order chi connectivity index (χ0) is 15.6. The Morgan fingerprint density at radius 2 is 2.05 bits per heavy atom. The van der Waals surface area contributed by atoms with Crippen molar-refractivity contribution in [2.75, 3.05) is 6.54 Å². The van der Waals surface area contributed by atoms with E-state index in [1.165, 1.54) is 6.20 Å². The van der Waals surface area contributed by atoms with Crippen LogP contribution in [0, 0.1) is 0 Å². The number of aromatic nitrogens is 1. The van der Waals surface area contributed by atoms with Gasteiger partial charge in [-0.3, -0.25) is 0 Å². The van der Waals surface area contributed by atoms with Crippen LogP contribution in [0.25, 0.3) is 0 Å². The summed E-state index contributed by atoms with van der Waals surface area (Å²) in [5, 5.41) is 3.12. The van der Waals surface area contributed by atoms with E-state index in [1.54, 1.807) is 18.2 Å². The number of benzene rings is 1. The monoisotopic (exact) mass is 354 g/mol. The van der Waals surface area contributed by atoms with Crippen LogP contribution in [0.3, 0.4) is 0 Å². The van der Waals surface area contributed by atoms with Gasteiger partial charge >= 0.3 is 6.18 Å². The number of hydrogen-bond donors (Lipinski definition) is 1. The van der Waals surface area contributed by atoms with Gasteiger partial charge in [0.2, 0.25) is 0 Å². The van der Waals surface area contributed by atoms with Gasteiger partial charge < -0.3 is 5.32 Å². The Hall–Kier alpha value is -0.820. The fourth-order valence-electron chi connectivity index (χ4n) is 1.85. The van der Waals surface area contributed by atoms with Crippen molar-refractivity contribution in [1.29, 1.82) is 0 Å². The van der Waals surface area contributed by atoms with E-state index in [1.807, 2.05) is 6.92 Å². The highest BCUT2D eigenvalue weighted by Gasteiger charge is 2.35. The first-order chi connectivity index (χ1) is 9.82. The largest absolute Gasteiger partial charge is 0.443 e. The van der Waals surface area contributed by atoms with Gasteiger partial charge in [-0.25, -0.2) is 4.98 Å². The van der Waals surface area contributed by atoms with Crippen LogP contribution in [0.4, 0.5) is 13.2 Å². The molecule has 2 aromatic rings. The Kier molecular flexibility index (Phi) is 5.14. The summed E-state index contributed by atoms with van der Waals surface area (Å²) in [5.41, 5.74) is 0.667. The van der Waals surface area contributed by atoms with Crippen LogP contribution >= 0.6 is 34.5 Å². The van der Waals surface area contributed by atoms with Crippen LogP contribution in [-0.2, 0) is 6.18 Å². The van der Waals surface area contributed by atoms with Crippen molar-refractivity contribution in [3.8, 4) is 0 Å². The lowest BCUT2D eigenvalue weighted by molar-refractivity contribution is -0.137. The van der Waals surface area contributed by atoms with Gasteiger partial charge in [-0.05, 0) is 24.2 Å². The van der Waals surface area contributed by atoms with E-state index in [4.69, 9.17) is 23.2 Å². The van der Waals surface area contributed by atoms with Gasteiger partial charge in [0, 0.05) is 21.1 Å². The molecule has 0 amide bonds. The first-order valence-corrected chi connectivity index (χ1v) is 7.61. The lowest BCUT2D eigenvalue weighted by atomic mass is 10.1. The highest BCUT2D eigenvalue weighted by molar-refractivity contribution is 7.11. The molecule has 21 heavy (non-hydrogen) atoms. The SMILES string of the molecule is CCNC(c1cnc(C(F)(F)F)s1)c1ccc(Cl)cc1Cl. The fraction of sp³-hybridized carbons (Fsp3) is 0.308. The second-order valence-corrected chi connectivity index (χ2v) is 6.13. The maximum atomic E-state index is 12.7. The number of hydrogen-bond acceptors (Lipinski definition) is 3. The quantitative estimate of drug-likeness (QED) is 0.819. The highest BCUT2D eigenvalue weighted by atomic mass is 35.5. The molecule has 0 bridgehead atoms. The van der Waals surface area contributed by atoms with Crippen LogP contribution in [0.2, 0.25) is 10.0 Å². The van der Waals surface area contributed by atoms with Crippen LogP contribution in [-0.4, -0.2) is 11.5 Å². The van der Waals surface area contributed by atoms with E-state index >= 15 is 0 Å². The molecule has 0 aliphatic rings. The molecule has 1 aromatic carbocycles. The molecule has 0 aliphatic heterocycles. The molecular formula is C13H11Cl2F3N2S. The van der Waals surface area contributed by atoms with E-state index < -0.39 is 17.2 Å². The maximum absolute atomic E-state index is 12.7. The summed E-state index contributed by atoms with van der Waals surface area (Å²) in [5.74, 6) is 0. The van der Waals surface area contributed by atoms with Crippen LogP contribution < -0.4 is 5.32 Å². The summed E-state index contributed by atoms with van der Waals surface area (Å²) in [6.07, 6.45) is -3.21. The number of thiazole rings is 1. The van der Waals surface area contributed by atoms with Gasteiger partial charge in [0.15, 0.2) is 5.01 Å². The van der Waals surface area contributed by atoms with Gasteiger partial charge in [-0.2, -0.15) is 13.2 Å². The standard InChI is InChI=1S/C13H11Cl2F3N2S/c1-2-19-11(8-4-3-7(14)5-9(8)15)10-6-20-12(21-10)13(16,17)18/h3-6,11,19H,2H2,1H3. The van der Waals surface area contributed by atoms with Crippen molar-refractivity contribution in [1.82, 2.24) is 10.3 Å². The second-order valence-electron chi connectivity index (χ2n) is 4.22. The zero-order valence-electron chi connectivity index (χ0n) is 10.8. The van der Waals surface area contributed by atoms with Crippen molar-refractivity contribution in [2.45, 2.75) is 19.1 Å². The predicted molar refractivity (Wildman–Crippen MR) is 79.1 cm³/mol. The third kappa shape index (κ3) is 3.88. The molecule has 0 saturated heterocycles. The van der Waals surface area contributed by atoms with E-state index in [0.717, 1.165) is 0 Å². The Morgan fingerprint density at radius 3 is 2.57 bits per heavy atom. The zero-order valence-corrected chi connectivity index (χ0v) is 13.2. The van der Waals surface area contributed by atoms with Crippen LogP contribution in [0.15, 0.2) is 24.4 Å². The summed E-state index contributed by atoms with van der Waals surface area (Å²) in [4.78, 5) is 3.90. The van der Waals surface area contributed by atoms with Gasteiger partial charge in [0.1, 0.15) is 0 Å². The lowest BCUT2D eigenvalue weighted by Crippen LogP contribution is -2.21. The maximum Gasteiger partial charge on any atom is 0.443 e. The normalized spacial score (nSPS) is 13.4. The van der Waals surface area contributed by atoms with Gasteiger partial charge in [-0.15, -0.1) is 11.3 Å². The minimum atomic E-state index is -4.44. The molecule has 1 heterocycles. The van der Waals surface area contributed by atoms with Gasteiger partial charge in [0.05, 0.1) is 6.04 Å². The van der Waals surface area contributed by atoms with Crippen LogP contribution in [0.5, 0.6) is 0 Å². The summed E-state index contributed by atoms with van der Waals surface area (Å²) in [6.45, 7) is 2.44. The molecule has 0 saturated carbocycles. The number of rotatable bonds is 4. The topological polar surface area (TPSA) is 24.9 Å². The third-order valence-corrected chi connectivity index (χ3v) is 4.40. The fourth-order valence-corrected chi connectivity index (χ4v) is 3.25. The second kappa shape index (κ2) is 6.52. The van der Waals surface area contributed by atoms with Gasteiger partial charge in [-0.1, -0.05) is 36.2 Å². The molecule has 0 aliphatic carbocycles. The van der Waals surface area contributed by atoms with Crippen molar-refractivity contribution >= 4 is 34.5 Å². The highest BCUT2D eigenvalue weighted by Crippen LogP contribution is 2.37. The molecule has 2 nitrogen and oxygen atoms in total. The molecule has 1 aromatic heterocycles. The molecule has 8 heteroatoms. The van der Waals surface area contributed by atoms with E-state index in [2.05, 4.69) is 10.3 Å². The molecule has 114 valence electrons. The summed E-state index contributed by atoms with van der Waals surface area (Å²) < 4.78 is 38.0. The van der Waals surface area contributed by atoms with E-state index in [-0.39, 0.29) is 0 Å². The summed E-state index contributed by atoms with van der Waals surface area (Å²) >= 11 is 12.6. The average molecular weight is 355 g/mol. The minimum absolute atomic E-state index is 0.399. The van der Waals surface area contributed by atoms with Crippen molar-refractivity contribution in [2.24, 2.45) is 0 Å². The molecule has 1 N–H and O–H groups in total. The van der Waals surface area contributed by atoms with Crippen molar-refractivity contribution in [3.05, 3.63) is 49.9 Å². The third-order valence-electron chi connectivity index (χ3n) is 2.73. The molecule has 2 rings (SSSR count). The average Bonchev–Trinajstić information content (AvgIpc) is 2.86. The summed E-state index contributed by atoms with van der Waals surface area (Å²) in [7, 11) is 0. The predicted octanol–water partition coefficient (Wildman–Crippen LogP) is 5.17. The molecule has 1 unspecified atom stereocenters. The van der Waals surface area contributed by atoms with E-state index in [9.17, 15) is 13.2 Å². The smallest absolute Gasteiger partial charge is 0.306 e. The molecule has 0 fully saturated rings. The Morgan fingerprint density at radius 1 is 1.33 bits per heavy atom. The van der Waals surface area contributed by atoms with Crippen molar-refractivity contribution in [3.63, 3.8) is 0 Å². The molecule has 0 spiro atoms. The Bertz CT molecular complexity index is 628. The number of nitrogens with one attached hydrogen (secondary N) is 1. The first kappa shape index (κ1) is 16.5. The number of alkyl halides is 3. The van der Waals surface area contributed by atoms with E-state index in [0.29, 0.717) is 38.4 Å².